The number of amides is 1. The Morgan fingerprint density at radius 1 is 1.11 bits per heavy atom. The van der Waals surface area contributed by atoms with Crippen molar-refractivity contribution in [2.45, 2.75) is 19.9 Å². The van der Waals surface area contributed by atoms with Crippen molar-refractivity contribution < 1.29 is 4.79 Å². The zero-order chi connectivity index (χ0) is 20.5. The van der Waals surface area contributed by atoms with Crippen molar-refractivity contribution in [2.75, 3.05) is 27.7 Å². The molecule has 1 aromatic heterocycles. The number of carbonyl (C=O) groups excluding carboxylic acids is 1. The van der Waals surface area contributed by atoms with Gasteiger partial charge in [0.15, 0.2) is 0 Å². The fourth-order valence-corrected chi connectivity index (χ4v) is 2.93. The molecule has 1 amide bonds. The normalized spacial score (nSPS) is 12.4. The molecule has 5 nitrogen and oxygen atoms in total. The number of likely N-dealkylation sites (N-methyl/N-ethyl adjacent to an activating group) is 1. The van der Waals surface area contributed by atoms with Crippen LogP contribution in [0.4, 0.5) is 0 Å². The molecule has 148 valence electrons. The van der Waals surface area contributed by atoms with Crippen LogP contribution in [0.5, 0.6) is 0 Å². The summed E-state index contributed by atoms with van der Waals surface area (Å²) in [5.74, 6) is -0.0856. The highest BCUT2D eigenvalue weighted by atomic mass is 16.1. The molecule has 2 aromatic rings. The van der Waals surface area contributed by atoms with E-state index in [1.807, 2.05) is 83.5 Å². The first-order valence-electron chi connectivity index (χ1n) is 9.40. The van der Waals surface area contributed by atoms with Crippen LogP contribution in [-0.4, -0.2) is 43.5 Å². The predicted molar refractivity (Wildman–Crippen MR) is 116 cm³/mol. The molecule has 0 saturated carbocycles. The summed E-state index contributed by atoms with van der Waals surface area (Å²) in [6, 6.07) is 13.8. The summed E-state index contributed by atoms with van der Waals surface area (Å²) in [6.45, 7) is 4.63. The Labute approximate surface area is 168 Å². The first-order valence-corrected chi connectivity index (χ1v) is 9.40. The lowest BCUT2D eigenvalue weighted by Gasteiger charge is -2.23. The third-order valence-electron chi connectivity index (χ3n) is 4.39. The molecule has 0 bridgehead atoms. The van der Waals surface area contributed by atoms with E-state index in [0.29, 0.717) is 5.57 Å². The lowest BCUT2D eigenvalue weighted by molar-refractivity contribution is -0.118. The van der Waals surface area contributed by atoms with E-state index in [0.717, 1.165) is 28.9 Å². The SMILES string of the molecule is CN/C(=C\C(C(=O)NC(CN(C)C)c1ccccc1)=C(C)C)c1ccncc1. The average molecular weight is 379 g/mol. The maximum absolute atomic E-state index is 13.2. The summed E-state index contributed by atoms with van der Waals surface area (Å²) in [6.07, 6.45) is 5.38. The van der Waals surface area contributed by atoms with Crippen LogP contribution in [0.3, 0.4) is 0 Å². The van der Waals surface area contributed by atoms with Crippen molar-refractivity contribution >= 4 is 11.6 Å². The number of aromatic nitrogens is 1. The number of hydrogen-bond acceptors (Lipinski definition) is 4. The quantitative estimate of drug-likeness (QED) is 0.546. The second kappa shape index (κ2) is 10.4. The molecule has 0 radical (unpaired) electrons. The molecule has 28 heavy (non-hydrogen) atoms. The largest absolute Gasteiger partial charge is 0.388 e. The van der Waals surface area contributed by atoms with Crippen LogP contribution < -0.4 is 10.6 Å². The van der Waals surface area contributed by atoms with Crippen LogP contribution >= 0.6 is 0 Å². The molecule has 0 aliphatic carbocycles. The lowest BCUT2D eigenvalue weighted by Crippen LogP contribution is -2.36. The summed E-state index contributed by atoms with van der Waals surface area (Å²) in [5.41, 5.74) is 4.55. The fourth-order valence-electron chi connectivity index (χ4n) is 2.93. The molecule has 2 N–H and O–H groups in total. The van der Waals surface area contributed by atoms with Crippen LogP contribution in [0.25, 0.3) is 5.70 Å². The minimum absolute atomic E-state index is 0.0856. The van der Waals surface area contributed by atoms with Gasteiger partial charge in [-0.05, 0) is 51.7 Å². The molecule has 0 fully saturated rings. The van der Waals surface area contributed by atoms with E-state index < -0.39 is 0 Å². The molecule has 0 saturated heterocycles. The van der Waals surface area contributed by atoms with Crippen molar-refractivity contribution in [1.82, 2.24) is 20.5 Å². The van der Waals surface area contributed by atoms with Gasteiger partial charge in [-0.1, -0.05) is 35.9 Å². The third-order valence-corrected chi connectivity index (χ3v) is 4.39. The maximum atomic E-state index is 13.2. The second-order valence-electron chi connectivity index (χ2n) is 7.16. The van der Waals surface area contributed by atoms with Crippen molar-refractivity contribution in [3.63, 3.8) is 0 Å². The van der Waals surface area contributed by atoms with E-state index in [1.54, 1.807) is 12.4 Å². The third kappa shape index (κ3) is 6.06. The first-order chi connectivity index (χ1) is 13.4. The van der Waals surface area contributed by atoms with Gasteiger partial charge in [0.2, 0.25) is 0 Å². The molecule has 1 aromatic carbocycles. The van der Waals surface area contributed by atoms with Crippen molar-refractivity contribution in [1.29, 1.82) is 0 Å². The summed E-state index contributed by atoms with van der Waals surface area (Å²) in [7, 11) is 5.87. The van der Waals surface area contributed by atoms with E-state index in [1.165, 1.54) is 0 Å². The van der Waals surface area contributed by atoms with Gasteiger partial charge in [0, 0.05) is 42.8 Å². The molecule has 1 atom stereocenters. The highest BCUT2D eigenvalue weighted by Crippen LogP contribution is 2.18. The van der Waals surface area contributed by atoms with Crippen LogP contribution in [0.1, 0.15) is 31.0 Å². The number of rotatable bonds is 8. The Bertz CT molecular complexity index is 822. The van der Waals surface area contributed by atoms with Crippen LogP contribution in [0, 0.1) is 0 Å². The number of nitrogens with zero attached hydrogens (tertiary/aromatic N) is 2. The minimum atomic E-state index is -0.0922. The summed E-state index contributed by atoms with van der Waals surface area (Å²) >= 11 is 0. The van der Waals surface area contributed by atoms with Crippen LogP contribution in [0.15, 0.2) is 72.1 Å². The number of pyridine rings is 1. The van der Waals surface area contributed by atoms with E-state index in [2.05, 4.69) is 20.5 Å². The molecule has 0 aliphatic rings. The van der Waals surface area contributed by atoms with E-state index >= 15 is 0 Å². The van der Waals surface area contributed by atoms with Gasteiger partial charge in [-0.25, -0.2) is 0 Å². The topological polar surface area (TPSA) is 57.3 Å². The van der Waals surface area contributed by atoms with Gasteiger partial charge in [0.1, 0.15) is 0 Å². The molecule has 1 heterocycles. The summed E-state index contributed by atoms with van der Waals surface area (Å²) in [5, 5.41) is 6.39. The molecular weight excluding hydrogens is 348 g/mol. The van der Waals surface area contributed by atoms with Gasteiger partial charge < -0.3 is 15.5 Å². The standard InChI is InChI=1S/C23H30N4O/c1-17(2)20(15-21(24-3)19-11-13-25-14-12-19)23(28)26-22(16-27(4)5)18-9-7-6-8-10-18/h6-15,22,24H,16H2,1-5H3,(H,26,28)/b21-15-. The van der Waals surface area contributed by atoms with Gasteiger partial charge >= 0.3 is 0 Å². The average Bonchev–Trinajstić information content (AvgIpc) is 2.69. The summed E-state index contributed by atoms with van der Waals surface area (Å²) < 4.78 is 0. The van der Waals surface area contributed by atoms with Gasteiger partial charge in [0.25, 0.3) is 5.91 Å². The number of hydrogen-bond donors (Lipinski definition) is 2. The maximum Gasteiger partial charge on any atom is 0.251 e. The Balaban J connectivity index is 2.31. The number of allylic oxidation sites excluding steroid dienone is 1. The van der Waals surface area contributed by atoms with E-state index in [9.17, 15) is 4.79 Å². The fraction of sp³-hybridized carbons (Fsp3) is 0.304. The first kappa shape index (κ1) is 21.4. The Hall–Kier alpha value is -2.92. The predicted octanol–water partition coefficient (Wildman–Crippen LogP) is 3.40. The molecule has 0 spiro atoms. The van der Waals surface area contributed by atoms with Crippen molar-refractivity contribution in [3.05, 3.63) is 83.2 Å². The minimum Gasteiger partial charge on any atom is -0.388 e. The van der Waals surface area contributed by atoms with Crippen molar-refractivity contribution in [3.8, 4) is 0 Å². The van der Waals surface area contributed by atoms with Gasteiger partial charge in [-0.15, -0.1) is 0 Å². The zero-order valence-electron chi connectivity index (χ0n) is 17.4. The Morgan fingerprint density at radius 2 is 1.75 bits per heavy atom. The monoisotopic (exact) mass is 378 g/mol. The van der Waals surface area contributed by atoms with Gasteiger partial charge in [-0.2, -0.15) is 0 Å². The second-order valence-corrected chi connectivity index (χ2v) is 7.16. The molecule has 0 aliphatic heterocycles. The van der Waals surface area contributed by atoms with Gasteiger partial charge in [-0.3, -0.25) is 9.78 Å². The van der Waals surface area contributed by atoms with Crippen LogP contribution in [0.2, 0.25) is 0 Å². The Kier molecular flexibility index (Phi) is 7.96. The smallest absolute Gasteiger partial charge is 0.251 e. The summed E-state index contributed by atoms with van der Waals surface area (Å²) in [4.78, 5) is 19.3. The Morgan fingerprint density at radius 3 is 2.29 bits per heavy atom. The molecular formula is C23H30N4O. The van der Waals surface area contributed by atoms with E-state index in [4.69, 9.17) is 0 Å². The molecule has 2 rings (SSSR count). The van der Waals surface area contributed by atoms with Crippen LogP contribution in [-0.2, 0) is 4.79 Å². The van der Waals surface area contributed by atoms with Crippen molar-refractivity contribution in [2.24, 2.45) is 0 Å². The number of carbonyl (C=O) groups is 1. The highest BCUT2D eigenvalue weighted by molar-refractivity contribution is 5.99. The molecule has 1 unspecified atom stereocenters. The highest BCUT2D eigenvalue weighted by Gasteiger charge is 2.18. The van der Waals surface area contributed by atoms with Gasteiger partial charge in [0.05, 0.1) is 6.04 Å². The number of nitrogens with one attached hydrogen (secondary N) is 2. The zero-order valence-corrected chi connectivity index (χ0v) is 17.4. The number of benzene rings is 1. The lowest BCUT2D eigenvalue weighted by atomic mass is 10.0. The molecule has 5 heteroatoms. The van der Waals surface area contributed by atoms with E-state index in [-0.39, 0.29) is 11.9 Å².